The number of sulfonamides is 1. The second-order valence-electron chi connectivity index (χ2n) is 2.71. The monoisotopic (exact) mass is 202 g/mol. The Hall–Kier alpha value is -1.27. The molecule has 0 saturated heterocycles. The van der Waals surface area contributed by atoms with E-state index in [-0.39, 0.29) is 21.9 Å². The van der Waals surface area contributed by atoms with Crippen molar-refractivity contribution in [2.24, 2.45) is 5.14 Å². The average molecular weight is 202 g/mol. The van der Waals surface area contributed by atoms with Gasteiger partial charge in [0.2, 0.25) is 10.0 Å². The molecule has 1 aromatic rings. The minimum absolute atomic E-state index is 0.148. The largest absolute Gasteiger partial charge is 0.508 e. The van der Waals surface area contributed by atoms with Crippen LogP contribution >= 0.6 is 0 Å². The van der Waals surface area contributed by atoms with Gasteiger partial charge in [-0.3, -0.25) is 0 Å². The first kappa shape index (κ1) is 9.82. The smallest absolute Gasteiger partial charge is 0.238 e. The van der Waals surface area contributed by atoms with Gasteiger partial charge in [0.15, 0.2) is 0 Å². The first-order chi connectivity index (χ1) is 5.82. The van der Waals surface area contributed by atoms with Crippen LogP contribution in [0.15, 0.2) is 17.0 Å². The van der Waals surface area contributed by atoms with E-state index in [1.807, 2.05) is 0 Å². The van der Waals surface area contributed by atoms with Crippen LogP contribution in [0.1, 0.15) is 5.56 Å². The number of phenols is 1. The van der Waals surface area contributed by atoms with Gasteiger partial charge in [0.05, 0.1) is 4.90 Å². The van der Waals surface area contributed by atoms with E-state index in [1.165, 1.54) is 19.1 Å². The zero-order valence-corrected chi connectivity index (χ0v) is 7.80. The molecule has 0 radical (unpaired) electrons. The van der Waals surface area contributed by atoms with Crippen molar-refractivity contribution in [2.75, 3.05) is 5.73 Å². The zero-order valence-electron chi connectivity index (χ0n) is 6.98. The fourth-order valence-electron chi connectivity index (χ4n) is 0.989. The third kappa shape index (κ3) is 1.90. The Morgan fingerprint density at radius 2 is 1.92 bits per heavy atom. The predicted molar refractivity (Wildman–Crippen MR) is 48.6 cm³/mol. The van der Waals surface area contributed by atoms with Crippen LogP contribution in [0, 0.1) is 6.92 Å². The summed E-state index contributed by atoms with van der Waals surface area (Å²) in [4.78, 5) is -0.148. The number of nitrogen functional groups attached to an aromatic ring is 1. The average Bonchev–Trinajstić information content (AvgIpc) is 1.94. The first-order valence-electron chi connectivity index (χ1n) is 3.44. The second kappa shape index (κ2) is 2.90. The van der Waals surface area contributed by atoms with Gasteiger partial charge in [0.25, 0.3) is 0 Å². The predicted octanol–water partition coefficient (Wildman–Crippen LogP) is -0.0698. The Kier molecular flexibility index (Phi) is 2.19. The van der Waals surface area contributed by atoms with Crippen LogP contribution in [0.2, 0.25) is 0 Å². The van der Waals surface area contributed by atoms with Crippen LogP contribution in [0.4, 0.5) is 5.69 Å². The molecule has 72 valence electrons. The molecule has 5 nitrogen and oxygen atoms in total. The molecule has 13 heavy (non-hydrogen) atoms. The highest BCUT2D eigenvalue weighted by molar-refractivity contribution is 7.89. The fraction of sp³-hybridized carbons (Fsp3) is 0.143. The maximum atomic E-state index is 11.0. The summed E-state index contributed by atoms with van der Waals surface area (Å²) in [6, 6.07) is 2.48. The summed E-state index contributed by atoms with van der Waals surface area (Å²) in [5.41, 5.74) is 5.71. The lowest BCUT2D eigenvalue weighted by molar-refractivity contribution is 0.468. The lowest BCUT2D eigenvalue weighted by atomic mass is 10.2. The van der Waals surface area contributed by atoms with Gasteiger partial charge in [-0.05, 0) is 13.0 Å². The normalized spacial score (nSPS) is 11.5. The molecule has 0 aliphatic carbocycles. The van der Waals surface area contributed by atoms with Crippen molar-refractivity contribution in [3.63, 3.8) is 0 Å². The molecule has 0 heterocycles. The maximum Gasteiger partial charge on any atom is 0.238 e. The Morgan fingerprint density at radius 3 is 2.38 bits per heavy atom. The molecule has 0 unspecified atom stereocenters. The van der Waals surface area contributed by atoms with Gasteiger partial charge in [-0.15, -0.1) is 0 Å². The maximum absolute atomic E-state index is 11.0. The molecule has 1 aromatic carbocycles. The minimum atomic E-state index is -3.82. The summed E-state index contributed by atoms with van der Waals surface area (Å²) in [6.45, 7) is 1.45. The number of anilines is 1. The van der Waals surface area contributed by atoms with Crippen LogP contribution in [-0.4, -0.2) is 13.5 Å². The van der Waals surface area contributed by atoms with Gasteiger partial charge >= 0.3 is 0 Å². The summed E-state index contributed by atoms with van der Waals surface area (Å²) in [6.07, 6.45) is 0. The standard InChI is InChI=1S/C7H10N2O3S/c1-4-6(10)2-5(8)3-7(4)13(9,11)12/h2-3,10H,8H2,1H3,(H2,9,11,12). The van der Waals surface area contributed by atoms with Crippen LogP contribution < -0.4 is 10.9 Å². The Balaban J connectivity index is 3.56. The number of phenolic OH excluding ortho intramolecular Hbond substituents is 1. The van der Waals surface area contributed by atoms with E-state index in [0.717, 1.165) is 0 Å². The van der Waals surface area contributed by atoms with Crippen LogP contribution in [0.3, 0.4) is 0 Å². The summed E-state index contributed by atoms with van der Waals surface area (Å²) >= 11 is 0. The number of hydrogen-bond donors (Lipinski definition) is 3. The molecule has 0 atom stereocenters. The quantitative estimate of drug-likeness (QED) is 0.554. The zero-order chi connectivity index (χ0) is 10.2. The lowest BCUT2D eigenvalue weighted by Crippen LogP contribution is -2.14. The van der Waals surface area contributed by atoms with Gasteiger partial charge in [0, 0.05) is 17.3 Å². The summed E-state index contributed by atoms with van der Waals surface area (Å²) in [5, 5.41) is 14.1. The molecule has 0 aliphatic rings. The summed E-state index contributed by atoms with van der Waals surface area (Å²) in [7, 11) is -3.82. The Labute approximate surface area is 76.0 Å². The molecule has 6 heteroatoms. The topological polar surface area (TPSA) is 106 Å². The van der Waals surface area contributed by atoms with Gasteiger partial charge in [-0.1, -0.05) is 0 Å². The molecule has 0 amide bonds. The van der Waals surface area contributed by atoms with Gasteiger partial charge < -0.3 is 10.8 Å². The van der Waals surface area contributed by atoms with Gasteiger partial charge in [-0.25, -0.2) is 13.6 Å². The van der Waals surface area contributed by atoms with Crippen LogP contribution in [-0.2, 0) is 10.0 Å². The second-order valence-corrected chi connectivity index (χ2v) is 4.24. The van der Waals surface area contributed by atoms with Crippen molar-refractivity contribution < 1.29 is 13.5 Å². The van der Waals surface area contributed by atoms with Crippen LogP contribution in [0.5, 0.6) is 5.75 Å². The molecule has 0 saturated carbocycles. The molecule has 0 aliphatic heterocycles. The van der Waals surface area contributed by atoms with Crippen molar-refractivity contribution >= 4 is 15.7 Å². The Bertz CT molecular complexity index is 439. The van der Waals surface area contributed by atoms with Crippen molar-refractivity contribution in [1.29, 1.82) is 0 Å². The highest BCUT2D eigenvalue weighted by Crippen LogP contribution is 2.26. The van der Waals surface area contributed by atoms with Crippen LogP contribution in [0.25, 0.3) is 0 Å². The molecule has 0 fully saturated rings. The highest BCUT2D eigenvalue weighted by atomic mass is 32.2. The Morgan fingerprint density at radius 1 is 1.38 bits per heavy atom. The lowest BCUT2D eigenvalue weighted by Gasteiger charge is -2.06. The molecular formula is C7H10N2O3S. The molecule has 1 rings (SSSR count). The number of hydrogen-bond acceptors (Lipinski definition) is 4. The number of primary sulfonamides is 1. The third-order valence-electron chi connectivity index (χ3n) is 1.66. The number of aromatic hydroxyl groups is 1. The van der Waals surface area contributed by atoms with Crippen molar-refractivity contribution in [3.8, 4) is 5.75 Å². The van der Waals surface area contributed by atoms with Crippen molar-refractivity contribution in [3.05, 3.63) is 17.7 Å². The summed E-state index contributed by atoms with van der Waals surface area (Å²) in [5.74, 6) is -0.177. The van der Waals surface area contributed by atoms with Gasteiger partial charge in [-0.2, -0.15) is 0 Å². The van der Waals surface area contributed by atoms with Crippen molar-refractivity contribution in [1.82, 2.24) is 0 Å². The van der Waals surface area contributed by atoms with Gasteiger partial charge in [0.1, 0.15) is 5.75 Å². The highest BCUT2D eigenvalue weighted by Gasteiger charge is 2.14. The first-order valence-corrected chi connectivity index (χ1v) is 4.99. The van der Waals surface area contributed by atoms with E-state index < -0.39 is 10.0 Å². The fourth-order valence-corrected chi connectivity index (χ4v) is 1.82. The summed E-state index contributed by atoms with van der Waals surface area (Å²) < 4.78 is 21.9. The van der Waals surface area contributed by atoms with E-state index in [9.17, 15) is 13.5 Å². The SMILES string of the molecule is Cc1c(O)cc(N)cc1S(N)(=O)=O. The number of nitrogens with two attached hydrogens (primary N) is 2. The molecule has 0 spiro atoms. The van der Waals surface area contributed by atoms with E-state index in [4.69, 9.17) is 10.9 Å². The minimum Gasteiger partial charge on any atom is -0.508 e. The molecular weight excluding hydrogens is 192 g/mol. The van der Waals surface area contributed by atoms with E-state index in [0.29, 0.717) is 0 Å². The van der Waals surface area contributed by atoms with E-state index >= 15 is 0 Å². The molecule has 0 aromatic heterocycles. The molecule has 5 N–H and O–H groups in total. The third-order valence-corrected chi connectivity index (χ3v) is 2.70. The number of benzene rings is 1. The van der Waals surface area contributed by atoms with E-state index in [2.05, 4.69) is 0 Å². The van der Waals surface area contributed by atoms with E-state index in [1.54, 1.807) is 0 Å². The number of rotatable bonds is 1. The van der Waals surface area contributed by atoms with Crippen molar-refractivity contribution in [2.45, 2.75) is 11.8 Å². The molecule has 0 bridgehead atoms.